The molecule has 25 heavy (non-hydrogen) atoms. The van der Waals surface area contributed by atoms with Crippen LogP contribution in [0.25, 0.3) is 10.8 Å². The van der Waals surface area contributed by atoms with E-state index >= 15 is 0 Å². The second kappa shape index (κ2) is 8.11. The van der Waals surface area contributed by atoms with E-state index in [9.17, 15) is 14.7 Å². The van der Waals surface area contributed by atoms with Gasteiger partial charge in [0.05, 0.1) is 11.3 Å². The number of carbonyl (C=O) groups excluding carboxylic acids is 1. The summed E-state index contributed by atoms with van der Waals surface area (Å²) in [5.41, 5.74) is 1.71. The lowest BCUT2D eigenvalue weighted by molar-refractivity contribution is 0.0698. The van der Waals surface area contributed by atoms with Crippen molar-refractivity contribution in [2.45, 2.75) is 20.8 Å². The zero-order valence-corrected chi connectivity index (χ0v) is 14.5. The number of anilines is 1. The zero-order valence-electron chi connectivity index (χ0n) is 14.5. The van der Waals surface area contributed by atoms with Gasteiger partial charge >= 0.3 is 5.97 Å². The number of carbonyl (C=O) groups is 2. The van der Waals surface area contributed by atoms with Gasteiger partial charge in [0.2, 0.25) is 0 Å². The molecule has 0 saturated heterocycles. The molecule has 0 aliphatic heterocycles. The fourth-order valence-electron chi connectivity index (χ4n) is 2.56. The molecule has 0 aliphatic carbocycles. The van der Waals surface area contributed by atoms with Crippen molar-refractivity contribution in [3.63, 3.8) is 0 Å². The van der Waals surface area contributed by atoms with Crippen LogP contribution in [0.1, 0.15) is 40.1 Å². The lowest BCUT2D eigenvalue weighted by atomic mass is 10.0. The third-order valence-corrected chi connectivity index (χ3v) is 3.69. The fourth-order valence-corrected chi connectivity index (χ4v) is 2.56. The highest BCUT2D eigenvalue weighted by Gasteiger charge is 2.15. The highest BCUT2D eigenvalue weighted by molar-refractivity contribution is 6.14. The molecule has 4 nitrogen and oxygen atoms in total. The topological polar surface area (TPSA) is 66.4 Å². The van der Waals surface area contributed by atoms with E-state index in [1.807, 2.05) is 57.2 Å². The minimum Gasteiger partial charge on any atom is -0.478 e. The Kier molecular flexibility index (Phi) is 5.90. The number of benzene rings is 3. The number of hydrogen-bond acceptors (Lipinski definition) is 2. The summed E-state index contributed by atoms with van der Waals surface area (Å²) >= 11 is 0. The molecule has 0 saturated carbocycles. The molecule has 3 aromatic rings. The Labute approximate surface area is 147 Å². The van der Waals surface area contributed by atoms with Crippen LogP contribution in [0.5, 0.6) is 0 Å². The third-order valence-electron chi connectivity index (χ3n) is 3.69. The van der Waals surface area contributed by atoms with Crippen LogP contribution in [0.2, 0.25) is 0 Å². The van der Waals surface area contributed by atoms with Crippen LogP contribution in [-0.4, -0.2) is 17.0 Å². The van der Waals surface area contributed by atoms with E-state index < -0.39 is 5.97 Å². The van der Waals surface area contributed by atoms with Gasteiger partial charge in [0, 0.05) is 5.56 Å². The lowest BCUT2D eigenvalue weighted by Gasteiger charge is -2.11. The van der Waals surface area contributed by atoms with Crippen LogP contribution >= 0.6 is 0 Å². The van der Waals surface area contributed by atoms with E-state index in [1.54, 1.807) is 24.3 Å². The van der Waals surface area contributed by atoms with Crippen LogP contribution in [-0.2, 0) is 0 Å². The van der Waals surface area contributed by atoms with Crippen molar-refractivity contribution in [1.82, 2.24) is 0 Å². The minimum atomic E-state index is -1.07. The second-order valence-corrected chi connectivity index (χ2v) is 5.34. The highest BCUT2D eigenvalue weighted by Crippen LogP contribution is 2.22. The molecular formula is C21H21NO3. The van der Waals surface area contributed by atoms with E-state index in [4.69, 9.17) is 0 Å². The number of aromatic carboxylic acids is 1. The zero-order chi connectivity index (χ0) is 18.4. The first-order chi connectivity index (χ1) is 12.1. The molecule has 0 fully saturated rings. The molecule has 0 heterocycles. The minimum absolute atomic E-state index is 0.0820. The smallest absolute Gasteiger partial charge is 0.337 e. The number of carboxylic acid groups (broad SMARTS) is 1. The number of fused-ring (bicyclic) bond motifs is 1. The van der Waals surface area contributed by atoms with Gasteiger partial charge in [0.1, 0.15) is 0 Å². The van der Waals surface area contributed by atoms with E-state index in [0.29, 0.717) is 11.3 Å². The van der Waals surface area contributed by atoms with Crippen LogP contribution in [0.3, 0.4) is 0 Å². The standard InChI is InChI=1S/C19H15NO3.C2H6/c1-12-9-10-17(16(11-12)19(22)23)20-18(21)15-8-4-6-13-5-2-3-7-14(13)15;1-2/h2-11H,1H3,(H,20,21)(H,22,23);1-2H3. The van der Waals surface area contributed by atoms with Crippen molar-refractivity contribution < 1.29 is 14.7 Å². The quantitative estimate of drug-likeness (QED) is 0.697. The van der Waals surface area contributed by atoms with E-state index in [-0.39, 0.29) is 11.5 Å². The van der Waals surface area contributed by atoms with Crippen molar-refractivity contribution in [1.29, 1.82) is 0 Å². The van der Waals surface area contributed by atoms with Crippen molar-refractivity contribution in [3.8, 4) is 0 Å². The van der Waals surface area contributed by atoms with Gasteiger partial charge in [-0.25, -0.2) is 4.79 Å². The SMILES string of the molecule is CC.Cc1ccc(NC(=O)c2cccc3ccccc23)c(C(=O)O)c1. The molecule has 0 spiro atoms. The summed E-state index contributed by atoms with van der Waals surface area (Å²) in [6.45, 7) is 5.81. The maximum atomic E-state index is 12.6. The summed E-state index contributed by atoms with van der Waals surface area (Å²) in [5, 5.41) is 13.8. The number of carboxylic acids is 1. The van der Waals surface area contributed by atoms with Crippen LogP contribution in [0, 0.1) is 6.92 Å². The molecule has 4 heteroatoms. The van der Waals surface area contributed by atoms with Gasteiger partial charge in [0.25, 0.3) is 5.91 Å². The Balaban J connectivity index is 0.00000109. The Hall–Kier alpha value is -3.14. The number of hydrogen-bond donors (Lipinski definition) is 2. The average Bonchev–Trinajstić information content (AvgIpc) is 2.64. The number of rotatable bonds is 3. The molecule has 0 unspecified atom stereocenters. The molecule has 0 atom stereocenters. The van der Waals surface area contributed by atoms with Crippen LogP contribution < -0.4 is 5.32 Å². The Bertz CT molecular complexity index is 911. The van der Waals surface area contributed by atoms with E-state index in [0.717, 1.165) is 16.3 Å². The summed E-state index contributed by atoms with van der Waals surface area (Å²) in [6.07, 6.45) is 0. The first-order valence-corrected chi connectivity index (χ1v) is 8.19. The van der Waals surface area contributed by atoms with Crippen LogP contribution in [0.15, 0.2) is 60.7 Å². The number of aryl methyl sites for hydroxylation is 1. The predicted molar refractivity (Wildman–Crippen MR) is 101 cm³/mol. The van der Waals surface area contributed by atoms with Gasteiger partial charge in [-0.1, -0.05) is 61.9 Å². The maximum absolute atomic E-state index is 12.6. The monoisotopic (exact) mass is 335 g/mol. The van der Waals surface area contributed by atoms with Crippen molar-refractivity contribution >= 4 is 28.3 Å². The maximum Gasteiger partial charge on any atom is 0.337 e. The lowest BCUT2D eigenvalue weighted by Crippen LogP contribution is -2.15. The Morgan fingerprint density at radius 1 is 0.880 bits per heavy atom. The van der Waals surface area contributed by atoms with E-state index in [2.05, 4.69) is 5.32 Å². The normalized spacial score (nSPS) is 9.88. The van der Waals surface area contributed by atoms with Crippen molar-refractivity contribution in [2.24, 2.45) is 0 Å². The first-order valence-electron chi connectivity index (χ1n) is 8.19. The molecule has 128 valence electrons. The summed E-state index contributed by atoms with van der Waals surface area (Å²) in [4.78, 5) is 23.9. The van der Waals surface area contributed by atoms with Gasteiger partial charge in [-0.05, 0) is 35.9 Å². The summed E-state index contributed by atoms with van der Waals surface area (Å²) < 4.78 is 0. The molecule has 1 amide bonds. The average molecular weight is 335 g/mol. The molecule has 0 radical (unpaired) electrons. The summed E-state index contributed by atoms with van der Waals surface area (Å²) in [5.74, 6) is -1.39. The van der Waals surface area contributed by atoms with Gasteiger partial charge in [-0.15, -0.1) is 0 Å². The van der Waals surface area contributed by atoms with Gasteiger partial charge < -0.3 is 10.4 Å². The van der Waals surface area contributed by atoms with E-state index in [1.165, 1.54) is 0 Å². The third kappa shape index (κ3) is 4.04. The van der Waals surface area contributed by atoms with Gasteiger partial charge in [-0.3, -0.25) is 4.79 Å². The molecule has 3 rings (SSSR count). The largest absolute Gasteiger partial charge is 0.478 e. The fraction of sp³-hybridized carbons (Fsp3) is 0.143. The highest BCUT2D eigenvalue weighted by atomic mass is 16.4. The van der Waals surface area contributed by atoms with Gasteiger partial charge in [-0.2, -0.15) is 0 Å². The van der Waals surface area contributed by atoms with Gasteiger partial charge in [0.15, 0.2) is 0 Å². The number of amides is 1. The van der Waals surface area contributed by atoms with Crippen LogP contribution in [0.4, 0.5) is 5.69 Å². The Morgan fingerprint density at radius 2 is 1.56 bits per heavy atom. The second-order valence-electron chi connectivity index (χ2n) is 5.34. The predicted octanol–water partition coefficient (Wildman–Crippen LogP) is 5.12. The first kappa shape index (κ1) is 18.2. The molecule has 0 aromatic heterocycles. The summed E-state index contributed by atoms with van der Waals surface area (Å²) in [7, 11) is 0. The molecule has 2 N–H and O–H groups in total. The molecular weight excluding hydrogens is 314 g/mol. The molecule has 3 aromatic carbocycles. The summed E-state index contributed by atoms with van der Waals surface area (Å²) in [6, 6.07) is 18.0. The molecule has 0 aliphatic rings. The van der Waals surface area contributed by atoms with Crippen molar-refractivity contribution in [3.05, 3.63) is 77.4 Å². The number of nitrogens with one attached hydrogen (secondary N) is 1. The van der Waals surface area contributed by atoms with Crippen molar-refractivity contribution in [2.75, 3.05) is 5.32 Å². The Morgan fingerprint density at radius 3 is 2.28 bits per heavy atom. The molecule has 0 bridgehead atoms.